The van der Waals surface area contributed by atoms with Crippen molar-refractivity contribution in [3.05, 3.63) is 29.8 Å². The molecule has 1 amide bonds. The summed E-state index contributed by atoms with van der Waals surface area (Å²) in [6, 6.07) is 3.56. The Morgan fingerprint density at radius 1 is 1.40 bits per heavy atom. The van der Waals surface area contributed by atoms with Gasteiger partial charge in [0, 0.05) is 18.0 Å². The summed E-state index contributed by atoms with van der Waals surface area (Å²) >= 11 is 1.16. The highest BCUT2D eigenvalue weighted by Gasteiger charge is 2.09. The van der Waals surface area contributed by atoms with Crippen LogP contribution in [0.5, 0.6) is 0 Å². The summed E-state index contributed by atoms with van der Waals surface area (Å²) in [5.74, 6) is -1.55. The molecule has 2 N–H and O–H groups in total. The molecule has 0 spiro atoms. The summed E-state index contributed by atoms with van der Waals surface area (Å²) in [6.45, 7) is 2.63. The predicted molar refractivity (Wildman–Crippen MR) is 75.6 cm³/mol. The molecular weight excluding hydrogens is 284 g/mol. The van der Waals surface area contributed by atoms with Crippen molar-refractivity contribution in [1.29, 1.82) is 0 Å². The summed E-state index contributed by atoms with van der Waals surface area (Å²) in [5, 5.41) is 11.6. The van der Waals surface area contributed by atoms with Gasteiger partial charge in [-0.05, 0) is 30.5 Å². The van der Waals surface area contributed by atoms with Gasteiger partial charge in [0.25, 0.3) is 0 Å². The van der Waals surface area contributed by atoms with Crippen LogP contribution < -0.4 is 5.32 Å². The van der Waals surface area contributed by atoms with Gasteiger partial charge in [0.2, 0.25) is 5.91 Å². The summed E-state index contributed by atoms with van der Waals surface area (Å²) < 4.78 is 25.7. The molecule has 0 heterocycles. The van der Waals surface area contributed by atoms with Gasteiger partial charge >= 0.3 is 0 Å². The van der Waals surface area contributed by atoms with E-state index in [1.807, 2.05) is 6.92 Å². The molecule has 1 atom stereocenters. The van der Waals surface area contributed by atoms with E-state index in [0.717, 1.165) is 30.3 Å². The second-order valence-electron chi connectivity index (χ2n) is 4.46. The monoisotopic (exact) mass is 303 g/mol. The molecule has 0 fully saturated rings. The normalized spacial score (nSPS) is 12.2. The molecule has 1 unspecified atom stereocenters. The number of aliphatic hydroxyl groups is 1. The first-order valence-corrected chi connectivity index (χ1v) is 7.50. The van der Waals surface area contributed by atoms with Gasteiger partial charge in [-0.3, -0.25) is 4.79 Å². The van der Waals surface area contributed by atoms with Crippen LogP contribution in [0.25, 0.3) is 0 Å². The molecule has 3 nitrogen and oxygen atoms in total. The van der Waals surface area contributed by atoms with Gasteiger partial charge < -0.3 is 10.4 Å². The van der Waals surface area contributed by atoms with E-state index in [0.29, 0.717) is 17.9 Å². The highest BCUT2D eigenvalue weighted by Crippen LogP contribution is 2.20. The average molecular weight is 303 g/mol. The van der Waals surface area contributed by atoms with Gasteiger partial charge in [0.1, 0.15) is 0 Å². The lowest BCUT2D eigenvalue weighted by atomic mass is 10.0. The molecule has 0 saturated carbocycles. The van der Waals surface area contributed by atoms with Crippen LogP contribution >= 0.6 is 11.8 Å². The van der Waals surface area contributed by atoms with Crippen molar-refractivity contribution >= 4 is 17.7 Å². The molecule has 6 heteroatoms. The zero-order chi connectivity index (χ0) is 15.0. The standard InChI is InChI=1S/C14H19F2NO2S/c1-2-10(5-6-18)8-17-14(19)9-20-11-3-4-12(15)13(16)7-11/h3-4,7,10,18H,2,5-6,8-9H2,1H3,(H,17,19). The molecule has 1 aromatic rings. The molecule has 112 valence electrons. The highest BCUT2D eigenvalue weighted by molar-refractivity contribution is 8.00. The molecule has 0 aliphatic heterocycles. The molecule has 0 aliphatic carbocycles. The topological polar surface area (TPSA) is 49.3 Å². The van der Waals surface area contributed by atoms with E-state index in [1.165, 1.54) is 6.07 Å². The smallest absolute Gasteiger partial charge is 0.230 e. The zero-order valence-electron chi connectivity index (χ0n) is 11.4. The maximum Gasteiger partial charge on any atom is 0.230 e. The summed E-state index contributed by atoms with van der Waals surface area (Å²) in [4.78, 5) is 12.1. The van der Waals surface area contributed by atoms with Crippen LogP contribution in [-0.2, 0) is 4.79 Å². The quantitative estimate of drug-likeness (QED) is 0.726. The summed E-state index contributed by atoms with van der Waals surface area (Å²) in [5.41, 5.74) is 0. The van der Waals surface area contributed by atoms with Crippen molar-refractivity contribution in [3.8, 4) is 0 Å². The van der Waals surface area contributed by atoms with Crippen LogP contribution in [0.2, 0.25) is 0 Å². The molecule has 1 rings (SSSR count). The Kier molecular flexibility index (Phi) is 7.54. The average Bonchev–Trinajstić information content (AvgIpc) is 2.44. The third kappa shape index (κ3) is 5.88. The van der Waals surface area contributed by atoms with Gasteiger partial charge in [-0.25, -0.2) is 8.78 Å². The lowest BCUT2D eigenvalue weighted by Crippen LogP contribution is -2.30. The minimum atomic E-state index is -0.913. The van der Waals surface area contributed by atoms with Crippen molar-refractivity contribution < 1.29 is 18.7 Å². The van der Waals surface area contributed by atoms with E-state index in [9.17, 15) is 13.6 Å². The number of hydrogen-bond donors (Lipinski definition) is 2. The van der Waals surface area contributed by atoms with Gasteiger partial charge in [0.05, 0.1) is 5.75 Å². The molecule has 0 aliphatic rings. The maximum absolute atomic E-state index is 13.0. The molecule has 0 bridgehead atoms. The largest absolute Gasteiger partial charge is 0.396 e. The van der Waals surface area contributed by atoms with Crippen LogP contribution in [0.1, 0.15) is 19.8 Å². The fourth-order valence-corrected chi connectivity index (χ4v) is 2.41. The third-order valence-electron chi connectivity index (χ3n) is 2.96. The van der Waals surface area contributed by atoms with Crippen LogP contribution in [0.3, 0.4) is 0 Å². The number of hydrogen-bond acceptors (Lipinski definition) is 3. The van der Waals surface area contributed by atoms with E-state index >= 15 is 0 Å². The number of thioether (sulfide) groups is 1. The van der Waals surface area contributed by atoms with Gasteiger partial charge in [-0.15, -0.1) is 11.8 Å². The second-order valence-corrected chi connectivity index (χ2v) is 5.50. The maximum atomic E-state index is 13.0. The van der Waals surface area contributed by atoms with Crippen molar-refractivity contribution in [1.82, 2.24) is 5.32 Å². The number of benzene rings is 1. The van der Waals surface area contributed by atoms with Crippen LogP contribution in [0.15, 0.2) is 23.1 Å². The van der Waals surface area contributed by atoms with Crippen LogP contribution in [-0.4, -0.2) is 29.9 Å². The van der Waals surface area contributed by atoms with Gasteiger partial charge in [0.15, 0.2) is 11.6 Å². The Morgan fingerprint density at radius 3 is 2.75 bits per heavy atom. The fraction of sp³-hybridized carbons (Fsp3) is 0.500. The Hall–Kier alpha value is -1.14. The first-order chi connectivity index (χ1) is 9.56. The second kappa shape index (κ2) is 8.92. The molecule has 20 heavy (non-hydrogen) atoms. The van der Waals surface area contributed by atoms with Crippen molar-refractivity contribution in [3.63, 3.8) is 0 Å². The lowest BCUT2D eigenvalue weighted by molar-refractivity contribution is -0.118. The third-order valence-corrected chi connectivity index (χ3v) is 3.96. The van der Waals surface area contributed by atoms with Gasteiger partial charge in [-0.2, -0.15) is 0 Å². The molecule has 0 aromatic heterocycles. The number of rotatable bonds is 8. The van der Waals surface area contributed by atoms with Crippen LogP contribution in [0.4, 0.5) is 8.78 Å². The highest BCUT2D eigenvalue weighted by atomic mass is 32.2. The number of nitrogens with one attached hydrogen (secondary N) is 1. The van der Waals surface area contributed by atoms with E-state index in [1.54, 1.807) is 0 Å². The Labute approximate surface area is 121 Å². The Bertz CT molecular complexity index is 443. The summed E-state index contributed by atoms with van der Waals surface area (Å²) in [6.07, 6.45) is 1.55. The van der Waals surface area contributed by atoms with Crippen molar-refractivity contribution in [2.75, 3.05) is 18.9 Å². The first kappa shape index (κ1) is 16.9. The number of amides is 1. The lowest BCUT2D eigenvalue weighted by Gasteiger charge is -2.14. The number of carbonyl (C=O) groups excluding carboxylic acids is 1. The number of aliphatic hydroxyl groups excluding tert-OH is 1. The molecular formula is C14H19F2NO2S. The van der Waals surface area contributed by atoms with Gasteiger partial charge in [-0.1, -0.05) is 13.3 Å². The van der Waals surface area contributed by atoms with Crippen LogP contribution in [0, 0.1) is 17.6 Å². The first-order valence-electron chi connectivity index (χ1n) is 6.52. The van der Waals surface area contributed by atoms with Crippen molar-refractivity contribution in [2.45, 2.75) is 24.7 Å². The van der Waals surface area contributed by atoms with E-state index in [4.69, 9.17) is 5.11 Å². The molecule has 1 aromatic carbocycles. The summed E-state index contributed by atoms with van der Waals surface area (Å²) in [7, 11) is 0. The Balaban J connectivity index is 2.34. The minimum absolute atomic E-state index is 0.109. The Morgan fingerprint density at radius 2 is 2.15 bits per heavy atom. The molecule has 0 radical (unpaired) electrons. The zero-order valence-corrected chi connectivity index (χ0v) is 12.2. The predicted octanol–water partition coefficient (Wildman–Crippen LogP) is 2.58. The van der Waals surface area contributed by atoms with E-state index in [2.05, 4.69) is 5.32 Å². The number of carbonyl (C=O) groups is 1. The van der Waals surface area contributed by atoms with Crippen molar-refractivity contribution in [2.24, 2.45) is 5.92 Å². The fourth-order valence-electron chi connectivity index (χ4n) is 1.66. The number of halogens is 2. The van der Waals surface area contributed by atoms with E-state index in [-0.39, 0.29) is 24.2 Å². The minimum Gasteiger partial charge on any atom is -0.396 e. The SMILES string of the molecule is CCC(CCO)CNC(=O)CSc1ccc(F)c(F)c1. The van der Waals surface area contributed by atoms with E-state index < -0.39 is 11.6 Å². The molecule has 0 saturated heterocycles.